The fourth-order valence-electron chi connectivity index (χ4n) is 1.63. The highest BCUT2D eigenvalue weighted by Crippen LogP contribution is 2.24. The quantitative estimate of drug-likeness (QED) is 0.590. The number of carbonyl (C=O) groups is 3. The summed E-state index contributed by atoms with van der Waals surface area (Å²) in [7, 11) is 0. The van der Waals surface area contributed by atoms with Crippen molar-refractivity contribution in [2.75, 3.05) is 18.1 Å². The predicted molar refractivity (Wildman–Crippen MR) is 85.7 cm³/mol. The number of carbonyl (C=O) groups excluding carboxylic acids is 3. The van der Waals surface area contributed by atoms with Crippen LogP contribution in [0.25, 0.3) is 0 Å². The Balaban J connectivity index is 2.48. The summed E-state index contributed by atoms with van der Waals surface area (Å²) >= 11 is 1.51. The molecule has 22 heavy (non-hydrogen) atoms. The van der Waals surface area contributed by atoms with Crippen LogP contribution in [-0.4, -0.2) is 36.7 Å². The van der Waals surface area contributed by atoms with Crippen LogP contribution in [0.1, 0.15) is 20.3 Å². The Morgan fingerprint density at radius 3 is 2.59 bits per heavy atom. The van der Waals surface area contributed by atoms with Crippen LogP contribution in [0.5, 0.6) is 0 Å². The minimum absolute atomic E-state index is 0.0264. The van der Waals surface area contributed by atoms with E-state index in [1.54, 1.807) is 6.07 Å². The van der Waals surface area contributed by atoms with Crippen LogP contribution in [-0.2, 0) is 19.1 Å². The van der Waals surface area contributed by atoms with Crippen LogP contribution in [0.3, 0.4) is 0 Å². The number of hydrogen-bond acceptors (Lipinski definition) is 5. The number of anilines is 1. The normalized spacial score (nSPS) is 11.4. The van der Waals surface area contributed by atoms with Crippen LogP contribution in [0.4, 0.5) is 5.69 Å². The zero-order valence-corrected chi connectivity index (χ0v) is 13.7. The number of esters is 1. The SMILES string of the molecule is CSc1ccccc1NC(=O)[C@H](C)OC(=O)CCNC(C)=O. The number of nitrogens with one attached hydrogen (secondary N) is 2. The topological polar surface area (TPSA) is 84.5 Å². The van der Waals surface area contributed by atoms with Gasteiger partial charge in [-0.1, -0.05) is 12.1 Å². The molecule has 1 aromatic carbocycles. The Morgan fingerprint density at radius 1 is 1.27 bits per heavy atom. The van der Waals surface area contributed by atoms with E-state index in [9.17, 15) is 14.4 Å². The highest BCUT2D eigenvalue weighted by atomic mass is 32.2. The maximum Gasteiger partial charge on any atom is 0.308 e. The van der Waals surface area contributed by atoms with Gasteiger partial charge < -0.3 is 15.4 Å². The maximum absolute atomic E-state index is 12.0. The molecule has 0 aliphatic rings. The van der Waals surface area contributed by atoms with E-state index in [2.05, 4.69) is 10.6 Å². The first-order valence-corrected chi connectivity index (χ1v) is 8.04. The fourth-order valence-corrected chi connectivity index (χ4v) is 2.19. The molecule has 0 aromatic heterocycles. The lowest BCUT2D eigenvalue weighted by Crippen LogP contribution is -2.31. The highest BCUT2D eigenvalue weighted by Gasteiger charge is 2.18. The lowest BCUT2D eigenvalue weighted by molar-refractivity contribution is -0.153. The van der Waals surface area contributed by atoms with Gasteiger partial charge in [0.05, 0.1) is 12.1 Å². The number of thioether (sulfide) groups is 1. The molecule has 1 atom stereocenters. The van der Waals surface area contributed by atoms with Crippen molar-refractivity contribution < 1.29 is 19.1 Å². The molecule has 1 aromatic rings. The average molecular weight is 324 g/mol. The summed E-state index contributed by atoms with van der Waals surface area (Å²) < 4.78 is 5.03. The number of para-hydroxylation sites is 1. The lowest BCUT2D eigenvalue weighted by atomic mass is 10.3. The third-order valence-corrected chi connectivity index (χ3v) is 3.54. The van der Waals surface area contributed by atoms with Gasteiger partial charge in [-0.3, -0.25) is 14.4 Å². The Kier molecular flexibility index (Phi) is 7.45. The summed E-state index contributed by atoms with van der Waals surface area (Å²) in [4.78, 5) is 35.2. The number of hydrogen-bond donors (Lipinski definition) is 2. The third kappa shape index (κ3) is 6.17. The van der Waals surface area contributed by atoms with Gasteiger partial charge in [-0.25, -0.2) is 0 Å². The van der Waals surface area contributed by atoms with E-state index in [1.165, 1.54) is 25.6 Å². The van der Waals surface area contributed by atoms with E-state index >= 15 is 0 Å². The smallest absolute Gasteiger partial charge is 0.308 e. The number of amides is 2. The Morgan fingerprint density at radius 2 is 1.95 bits per heavy atom. The molecule has 0 aliphatic heterocycles. The second-order valence-electron chi connectivity index (χ2n) is 4.55. The number of ether oxygens (including phenoxy) is 1. The van der Waals surface area contributed by atoms with Crippen molar-refractivity contribution in [3.63, 3.8) is 0 Å². The molecule has 0 bridgehead atoms. The van der Waals surface area contributed by atoms with Gasteiger partial charge in [0.15, 0.2) is 6.10 Å². The second kappa shape index (κ2) is 9.09. The standard InChI is InChI=1S/C15H20N2O4S/c1-10(21-14(19)8-9-16-11(2)18)15(20)17-12-6-4-5-7-13(12)22-3/h4-7,10H,8-9H2,1-3H3,(H,16,18)(H,17,20)/t10-/m0/s1. The van der Waals surface area contributed by atoms with Crippen LogP contribution in [0.15, 0.2) is 29.2 Å². The Bertz CT molecular complexity index is 548. The molecule has 0 unspecified atom stereocenters. The summed E-state index contributed by atoms with van der Waals surface area (Å²) in [5.41, 5.74) is 0.682. The summed E-state index contributed by atoms with van der Waals surface area (Å²) in [5, 5.41) is 5.22. The third-order valence-electron chi connectivity index (χ3n) is 2.75. The molecule has 120 valence electrons. The van der Waals surface area contributed by atoms with Crippen LogP contribution in [0.2, 0.25) is 0 Å². The molecule has 0 radical (unpaired) electrons. The Labute approximate surface area is 134 Å². The first-order valence-electron chi connectivity index (χ1n) is 6.82. The van der Waals surface area contributed by atoms with E-state index in [1.807, 2.05) is 24.5 Å². The van der Waals surface area contributed by atoms with Crippen molar-refractivity contribution >= 4 is 35.2 Å². The first-order chi connectivity index (χ1) is 10.4. The van der Waals surface area contributed by atoms with Crippen molar-refractivity contribution in [2.24, 2.45) is 0 Å². The van der Waals surface area contributed by atoms with Crippen LogP contribution < -0.4 is 10.6 Å². The van der Waals surface area contributed by atoms with Crippen molar-refractivity contribution in [3.05, 3.63) is 24.3 Å². The number of benzene rings is 1. The zero-order chi connectivity index (χ0) is 16.5. The maximum atomic E-state index is 12.0. The molecule has 0 heterocycles. The van der Waals surface area contributed by atoms with Gasteiger partial charge in [0, 0.05) is 18.4 Å². The van der Waals surface area contributed by atoms with Gasteiger partial charge in [0.1, 0.15) is 0 Å². The fraction of sp³-hybridized carbons (Fsp3) is 0.400. The predicted octanol–water partition coefficient (Wildman–Crippen LogP) is 1.80. The first kappa shape index (κ1) is 18.0. The molecule has 6 nitrogen and oxygen atoms in total. The average Bonchev–Trinajstić information content (AvgIpc) is 2.47. The second-order valence-corrected chi connectivity index (χ2v) is 5.40. The minimum Gasteiger partial charge on any atom is -0.452 e. The molecule has 7 heteroatoms. The van der Waals surface area contributed by atoms with Gasteiger partial charge in [-0.05, 0) is 25.3 Å². The van der Waals surface area contributed by atoms with Gasteiger partial charge in [-0.15, -0.1) is 11.8 Å². The summed E-state index contributed by atoms with van der Waals surface area (Å²) in [5.74, 6) is -1.14. The highest BCUT2D eigenvalue weighted by molar-refractivity contribution is 7.98. The van der Waals surface area contributed by atoms with Crippen molar-refractivity contribution in [1.82, 2.24) is 5.32 Å². The molecule has 1 rings (SSSR count). The van der Waals surface area contributed by atoms with Crippen LogP contribution in [0, 0.1) is 0 Å². The minimum atomic E-state index is -0.903. The largest absolute Gasteiger partial charge is 0.452 e. The van der Waals surface area contributed by atoms with E-state index in [4.69, 9.17) is 4.74 Å². The Hall–Kier alpha value is -2.02. The van der Waals surface area contributed by atoms with E-state index in [0.717, 1.165) is 4.90 Å². The molecule has 0 fully saturated rings. The van der Waals surface area contributed by atoms with Gasteiger partial charge in [0.2, 0.25) is 5.91 Å². The van der Waals surface area contributed by atoms with Gasteiger partial charge >= 0.3 is 5.97 Å². The van der Waals surface area contributed by atoms with Crippen LogP contribution >= 0.6 is 11.8 Å². The monoisotopic (exact) mass is 324 g/mol. The number of rotatable bonds is 7. The van der Waals surface area contributed by atoms with Gasteiger partial charge in [-0.2, -0.15) is 0 Å². The molecule has 0 aliphatic carbocycles. The molecular formula is C15H20N2O4S. The van der Waals surface area contributed by atoms with E-state index in [-0.39, 0.29) is 18.9 Å². The molecule has 0 saturated carbocycles. The molecular weight excluding hydrogens is 304 g/mol. The van der Waals surface area contributed by atoms with Crippen molar-refractivity contribution in [2.45, 2.75) is 31.3 Å². The van der Waals surface area contributed by atoms with E-state index < -0.39 is 18.0 Å². The molecule has 2 N–H and O–H groups in total. The molecule has 0 spiro atoms. The van der Waals surface area contributed by atoms with Crippen molar-refractivity contribution in [3.8, 4) is 0 Å². The lowest BCUT2D eigenvalue weighted by Gasteiger charge is -2.15. The van der Waals surface area contributed by atoms with Crippen molar-refractivity contribution in [1.29, 1.82) is 0 Å². The molecule has 0 saturated heterocycles. The van der Waals surface area contributed by atoms with Gasteiger partial charge in [0.25, 0.3) is 5.91 Å². The zero-order valence-electron chi connectivity index (χ0n) is 12.8. The van der Waals surface area contributed by atoms with E-state index in [0.29, 0.717) is 5.69 Å². The summed E-state index contributed by atoms with van der Waals surface area (Å²) in [6.07, 6.45) is 1.04. The summed E-state index contributed by atoms with van der Waals surface area (Å²) in [6.45, 7) is 3.07. The summed E-state index contributed by atoms with van der Waals surface area (Å²) in [6, 6.07) is 7.38. The molecule has 2 amide bonds.